The predicted molar refractivity (Wildman–Crippen MR) is 118 cm³/mol. The van der Waals surface area contributed by atoms with Crippen LogP contribution in [0.3, 0.4) is 0 Å². The summed E-state index contributed by atoms with van der Waals surface area (Å²) in [5, 5.41) is 0. The molecule has 8 heteroatoms. The zero-order chi connectivity index (χ0) is 20.9. The summed E-state index contributed by atoms with van der Waals surface area (Å²) in [4.78, 5) is 17.1. The molecule has 29 heavy (non-hydrogen) atoms. The monoisotopic (exact) mass is 475 g/mol. The van der Waals surface area contributed by atoms with Crippen molar-refractivity contribution >= 4 is 49.1 Å². The van der Waals surface area contributed by atoms with Gasteiger partial charge in [0.1, 0.15) is 10.7 Å². The number of anilines is 2. The van der Waals surface area contributed by atoms with E-state index in [0.29, 0.717) is 23.6 Å². The second-order valence-corrected chi connectivity index (χ2v) is 9.94. The van der Waals surface area contributed by atoms with Gasteiger partial charge < -0.3 is 9.80 Å². The Morgan fingerprint density at radius 2 is 1.93 bits per heavy atom. The second kappa shape index (κ2) is 7.25. The summed E-state index contributed by atoms with van der Waals surface area (Å²) in [6.45, 7) is 6.38. The summed E-state index contributed by atoms with van der Waals surface area (Å²) >= 11 is 3.48. The van der Waals surface area contributed by atoms with E-state index >= 15 is 0 Å². The lowest BCUT2D eigenvalue weighted by Crippen LogP contribution is -2.37. The lowest BCUT2D eigenvalue weighted by Gasteiger charge is -2.29. The van der Waals surface area contributed by atoms with Crippen molar-refractivity contribution in [1.82, 2.24) is 0 Å². The summed E-state index contributed by atoms with van der Waals surface area (Å²) in [7, 11) is -3.83. The van der Waals surface area contributed by atoms with Gasteiger partial charge in [-0.15, -0.1) is 4.40 Å². The normalized spacial score (nSPS) is 19.6. The molecule has 0 bridgehead atoms. The lowest BCUT2D eigenvalue weighted by molar-refractivity contribution is 0.0981. The Morgan fingerprint density at radius 3 is 2.66 bits per heavy atom. The molecule has 2 aromatic carbocycles. The van der Waals surface area contributed by atoms with Crippen molar-refractivity contribution in [1.29, 1.82) is 0 Å². The molecule has 0 aliphatic carbocycles. The number of fused-ring (bicyclic) bond motifs is 2. The molecule has 0 radical (unpaired) electrons. The fourth-order valence-corrected chi connectivity index (χ4v) is 5.75. The average molecular weight is 476 g/mol. The molecule has 1 amide bonds. The Kier molecular flexibility index (Phi) is 5.02. The molecule has 0 saturated heterocycles. The Balaban J connectivity index is 1.77. The Hall–Kier alpha value is -2.19. The molecule has 2 heterocycles. The van der Waals surface area contributed by atoms with Gasteiger partial charge in [0.2, 0.25) is 0 Å². The summed E-state index contributed by atoms with van der Waals surface area (Å²) in [5.74, 6) is 0.246. The molecule has 4 rings (SSSR count). The van der Waals surface area contributed by atoms with E-state index in [-0.39, 0.29) is 16.8 Å². The van der Waals surface area contributed by atoms with E-state index < -0.39 is 10.0 Å². The highest BCUT2D eigenvalue weighted by atomic mass is 79.9. The van der Waals surface area contributed by atoms with Crippen molar-refractivity contribution in [3.63, 3.8) is 0 Å². The maximum absolute atomic E-state index is 13.3. The van der Waals surface area contributed by atoms with Crippen LogP contribution in [-0.2, 0) is 16.4 Å². The quantitative estimate of drug-likeness (QED) is 0.660. The zero-order valence-electron chi connectivity index (χ0n) is 16.5. The molecule has 1 atom stereocenters. The summed E-state index contributed by atoms with van der Waals surface area (Å²) in [5.41, 5.74) is 2.89. The maximum Gasteiger partial charge on any atom is 0.286 e. The van der Waals surface area contributed by atoms with Crippen LogP contribution in [0, 0.1) is 0 Å². The third kappa shape index (κ3) is 3.38. The molecule has 0 N–H and O–H groups in total. The summed E-state index contributed by atoms with van der Waals surface area (Å²) in [6.07, 6.45) is 1.61. The molecule has 152 valence electrons. The SMILES string of the molecule is CCCN1C(C)=NS(=O)(=O)c2cc(C(=O)N3c4ccc(Br)cc4C[C@H]3C)ccc21. The number of hydrogen-bond donors (Lipinski definition) is 0. The first-order valence-corrected chi connectivity index (χ1v) is 11.8. The first-order valence-electron chi connectivity index (χ1n) is 9.58. The van der Waals surface area contributed by atoms with Crippen LogP contribution in [0.5, 0.6) is 0 Å². The van der Waals surface area contributed by atoms with Crippen molar-refractivity contribution in [2.24, 2.45) is 4.40 Å². The molecule has 0 unspecified atom stereocenters. The standard InChI is InChI=1S/C21H22BrN3O3S/c1-4-9-24-14(3)23-29(27,28)20-12-15(5-7-19(20)24)21(26)25-13(2)10-16-11-17(22)6-8-18(16)25/h5-8,11-13H,4,9-10H2,1-3H3/t13-/m1/s1. The zero-order valence-corrected chi connectivity index (χ0v) is 18.9. The molecule has 2 aromatic rings. The average Bonchev–Trinajstić information content (AvgIpc) is 2.98. The molecule has 2 aliphatic rings. The van der Waals surface area contributed by atoms with E-state index in [4.69, 9.17) is 0 Å². The smallest absolute Gasteiger partial charge is 0.286 e. The van der Waals surface area contributed by atoms with Crippen molar-refractivity contribution in [3.8, 4) is 0 Å². The minimum absolute atomic E-state index is 0.00343. The molecule has 0 fully saturated rings. The molecular formula is C21H22BrN3O3S. The number of hydrogen-bond acceptors (Lipinski definition) is 4. The van der Waals surface area contributed by atoms with Gasteiger partial charge in [-0.1, -0.05) is 22.9 Å². The Morgan fingerprint density at radius 1 is 1.21 bits per heavy atom. The molecule has 6 nitrogen and oxygen atoms in total. The molecule has 0 spiro atoms. The number of sulfonamides is 1. The second-order valence-electron chi connectivity index (χ2n) is 7.45. The van der Waals surface area contributed by atoms with Crippen LogP contribution in [0.4, 0.5) is 11.4 Å². The number of nitrogens with zero attached hydrogens (tertiary/aromatic N) is 3. The number of rotatable bonds is 3. The van der Waals surface area contributed by atoms with Crippen LogP contribution in [0.2, 0.25) is 0 Å². The topological polar surface area (TPSA) is 70.0 Å². The minimum Gasteiger partial charge on any atom is -0.328 e. The number of carbonyl (C=O) groups is 1. The van der Waals surface area contributed by atoms with Gasteiger partial charge in [-0.3, -0.25) is 4.79 Å². The number of halogens is 1. The van der Waals surface area contributed by atoms with Crippen LogP contribution < -0.4 is 9.80 Å². The van der Waals surface area contributed by atoms with E-state index in [1.807, 2.05) is 36.9 Å². The van der Waals surface area contributed by atoms with Gasteiger partial charge in [-0.2, -0.15) is 8.42 Å². The first kappa shape index (κ1) is 20.1. The van der Waals surface area contributed by atoms with Crippen LogP contribution in [0.15, 0.2) is 50.2 Å². The van der Waals surface area contributed by atoms with Crippen molar-refractivity contribution in [3.05, 3.63) is 52.0 Å². The van der Waals surface area contributed by atoms with Crippen LogP contribution in [0.25, 0.3) is 0 Å². The maximum atomic E-state index is 13.3. The molecular weight excluding hydrogens is 454 g/mol. The third-order valence-corrected chi connectivity index (χ3v) is 7.22. The van der Waals surface area contributed by atoms with Crippen molar-refractivity contribution in [2.75, 3.05) is 16.3 Å². The third-order valence-electron chi connectivity index (χ3n) is 5.34. The van der Waals surface area contributed by atoms with Crippen molar-refractivity contribution < 1.29 is 13.2 Å². The molecule has 2 aliphatic heterocycles. The van der Waals surface area contributed by atoms with Crippen LogP contribution in [-0.4, -0.2) is 32.7 Å². The van der Waals surface area contributed by atoms with Gasteiger partial charge in [0.15, 0.2) is 0 Å². The number of amides is 1. The van der Waals surface area contributed by atoms with E-state index in [1.165, 1.54) is 6.07 Å². The lowest BCUT2D eigenvalue weighted by atomic mass is 10.1. The summed E-state index contributed by atoms with van der Waals surface area (Å²) < 4.78 is 30.2. The Bertz CT molecular complexity index is 1140. The van der Waals surface area contributed by atoms with Gasteiger partial charge in [0, 0.05) is 28.3 Å². The fraction of sp³-hybridized carbons (Fsp3) is 0.333. The van der Waals surface area contributed by atoms with E-state index in [0.717, 1.165) is 28.6 Å². The highest BCUT2D eigenvalue weighted by molar-refractivity contribution is 9.10. The number of benzene rings is 2. The van der Waals surface area contributed by atoms with Crippen molar-refractivity contribution in [2.45, 2.75) is 44.6 Å². The van der Waals surface area contributed by atoms with E-state index in [1.54, 1.807) is 24.0 Å². The van der Waals surface area contributed by atoms with E-state index in [9.17, 15) is 13.2 Å². The molecule has 0 saturated carbocycles. The van der Waals surface area contributed by atoms with Crippen LogP contribution in [0.1, 0.15) is 43.1 Å². The fourth-order valence-electron chi connectivity index (χ4n) is 4.08. The molecule has 0 aromatic heterocycles. The largest absolute Gasteiger partial charge is 0.328 e. The highest BCUT2D eigenvalue weighted by Gasteiger charge is 2.34. The first-order chi connectivity index (χ1) is 13.7. The van der Waals surface area contributed by atoms with Gasteiger partial charge in [0.05, 0.1) is 5.69 Å². The van der Waals surface area contributed by atoms with Gasteiger partial charge in [0.25, 0.3) is 15.9 Å². The minimum atomic E-state index is -3.83. The van der Waals surface area contributed by atoms with Crippen LogP contribution >= 0.6 is 15.9 Å². The van der Waals surface area contributed by atoms with Gasteiger partial charge in [-0.25, -0.2) is 0 Å². The van der Waals surface area contributed by atoms with E-state index in [2.05, 4.69) is 20.3 Å². The highest BCUT2D eigenvalue weighted by Crippen LogP contribution is 2.37. The summed E-state index contributed by atoms with van der Waals surface area (Å²) in [6, 6.07) is 10.8. The number of amidine groups is 1. The predicted octanol–water partition coefficient (Wildman–Crippen LogP) is 4.38. The van der Waals surface area contributed by atoms with Gasteiger partial charge in [-0.05, 0) is 68.7 Å². The van der Waals surface area contributed by atoms with Gasteiger partial charge >= 0.3 is 0 Å². The number of carbonyl (C=O) groups excluding carboxylic acids is 1. The Labute approximate surface area is 179 Å².